The number of rotatable bonds is 4. The average Bonchev–Trinajstić information content (AvgIpc) is 2.49. The largest absolute Gasteiger partial charge is 0.309 e. The average molecular weight is 332 g/mol. The van der Waals surface area contributed by atoms with Gasteiger partial charge in [0.1, 0.15) is 11.3 Å². The maximum absolute atomic E-state index is 12.7. The predicted molar refractivity (Wildman–Crippen MR) is 92.0 cm³/mol. The second-order valence-corrected chi connectivity index (χ2v) is 6.27. The minimum Gasteiger partial charge on any atom is -0.309 e. The number of hydrogen-bond donors (Lipinski definition) is 0. The fourth-order valence-electron chi connectivity index (χ4n) is 2.63. The van der Waals surface area contributed by atoms with Crippen molar-refractivity contribution in [2.75, 3.05) is 20.6 Å². The first-order chi connectivity index (χ1) is 11.0. The molecule has 6 nitrogen and oxygen atoms in total. The summed E-state index contributed by atoms with van der Waals surface area (Å²) in [7, 11) is 4.02. The van der Waals surface area contributed by atoms with Crippen molar-refractivity contribution in [3.63, 3.8) is 0 Å². The standard InChI is InChI=1S/C16H18ClN5O/c1-10-18-14-12-6-5-11(17)9-13(12)19-20-15(14)16(23)22(10)8-4-7-21(2)3/h5-6,9H,4,7-8H2,1-3H3. The summed E-state index contributed by atoms with van der Waals surface area (Å²) in [5.41, 5.74) is 1.38. The van der Waals surface area contributed by atoms with Gasteiger partial charge in [-0.25, -0.2) is 4.98 Å². The Hall–Kier alpha value is -2.05. The van der Waals surface area contributed by atoms with Gasteiger partial charge in [-0.2, -0.15) is 0 Å². The molecule has 0 fully saturated rings. The summed E-state index contributed by atoms with van der Waals surface area (Å²) in [4.78, 5) is 19.4. The van der Waals surface area contributed by atoms with Crippen molar-refractivity contribution in [2.24, 2.45) is 0 Å². The SMILES string of the molecule is Cc1nc2c(nnc3cc(Cl)ccc32)c(=O)n1CCCN(C)C. The highest BCUT2D eigenvalue weighted by molar-refractivity contribution is 6.31. The van der Waals surface area contributed by atoms with Crippen molar-refractivity contribution in [3.05, 3.63) is 39.4 Å². The third-order valence-electron chi connectivity index (χ3n) is 3.80. The Morgan fingerprint density at radius 1 is 1.22 bits per heavy atom. The van der Waals surface area contributed by atoms with Crippen molar-refractivity contribution >= 4 is 33.5 Å². The first kappa shape index (κ1) is 15.8. The van der Waals surface area contributed by atoms with Crippen LogP contribution in [0.3, 0.4) is 0 Å². The Labute approximate surface area is 138 Å². The molecule has 2 aromatic heterocycles. The molecule has 23 heavy (non-hydrogen) atoms. The molecule has 3 rings (SSSR count). The maximum Gasteiger partial charge on any atom is 0.281 e. The van der Waals surface area contributed by atoms with Crippen molar-refractivity contribution in [3.8, 4) is 0 Å². The highest BCUT2D eigenvalue weighted by Gasteiger charge is 2.13. The van der Waals surface area contributed by atoms with Crippen LogP contribution in [0, 0.1) is 6.92 Å². The molecule has 120 valence electrons. The van der Waals surface area contributed by atoms with E-state index in [1.54, 1.807) is 16.7 Å². The summed E-state index contributed by atoms with van der Waals surface area (Å²) >= 11 is 5.98. The Morgan fingerprint density at radius 3 is 2.74 bits per heavy atom. The maximum atomic E-state index is 12.7. The molecule has 0 saturated carbocycles. The van der Waals surface area contributed by atoms with Crippen LogP contribution < -0.4 is 5.56 Å². The topological polar surface area (TPSA) is 63.9 Å². The van der Waals surface area contributed by atoms with Crippen LogP contribution in [0.15, 0.2) is 23.0 Å². The molecule has 1 aromatic carbocycles. The molecular weight excluding hydrogens is 314 g/mol. The van der Waals surface area contributed by atoms with E-state index in [4.69, 9.17) is 11.6 Å². The van der Waals surface area contributed by atoms with E-state index in [-0.39, 0.29) is 5.56 Å². The van der Waals surface area contributed by atoms with E-state index in [1.807, 2.05) is 27.1 Å². The van der Waals surface area contributed by atoms with Crippen molar-refractivity contribution < 1.29 is 0 Å². The van der Waals surface area contributed by atoms with Gasteiger partial charge >= 0.3 is 0 Å². The van der Waals surface area contributed by atoms with E-state index in [0.717, 1.165) is 18.4 Å². The molecule has 0 saturated heterocycles. The lowest BCUT2D eigenvalue weighted by Crippen LogP contribution is -2.26. The second kappa shape index (κ2) is 6.22. The van der Waals surface area contributed by atoms with Crippen LogP contribution in [-0.2, 0) is 6.54 Å². The molecule has 0 amide bonds. The highest BCUT2D eigenvalue weighted by atomic mass is 35.5. The van der Waals surface area contributed by atoms with Crippen LogP contribution in [-0.4, -0.2) is 45.3 Å². The molecule has 0 N–H and O–H groups in total. The number of aromatic nitrogens is 4. The lowest BCUT2D eigenvalue weighted by molar-refractivity contribution is 0.383. The molecule has 0 aliphatic carbocycles. The monoisotopic (exact) mass is 331 g/mol. The van der Waals surface area contributed by atoms with Gasteiger partial charge < -0.3 is 4.90 Å². The molecule has 0 bridgehead atoms. The summed E-state index contributed by atoms with van der Waals surface area (Å²) < 4.78 is 1.67. The predicted octanol–water partition coefficient (Wildman–Crippen LogP) is 2.25. The molecule has 0 aliphatic heterocycles. The number of nitrogens with zero attached hydrogens (tertiary/aromatic N) is 5. The Kier molecular flexibility index (Phi) is 4.28. The highest BCUT2D eigenvalue weighted by Crippen LogP contribution is 2.21. The minimum atomic E-state index is -0.143. The van der Waals surface area contributed by atoms with E-state index < -0.39 is 0 Å². The zero-order valence-electron chi connectivity index (χ0n) is 13.4. The van der Waals surface area contributed by atoms with Crippen molar-refractivity contribution in [2.45, 2.75) is 19.9 Å². The van der Waals surface area contributed by atoms with E-state index in [1.165, 1.54) is 0 Å². The van der Waals surface area contributed by atoms with Gasteiger partial charge in [-0.15, -0.1) is 10.2 Å². The Morgan fingerprint density at radius 2 is 2.00 bits per heavy atom. The summed E-state index contributed by atoms with van der Waals surface area (Å²) in [5.74, 6) is 0.686. The molecule has 0 aliphatic rings. The molecular formula is C16H18ClN5O. The van der Waals surface area contributed by atoms with E-state index in [9.17, 15) is 4.79 Å². The van der Waals surface area contributed by atoms with Crippen LogP contribution in [0.4, 0.5) is 0 Å². The Balaban J connectivity index is 2.14. The first-order valence-corrected chi connectivity index (χ1v) is 7.83. The summed E-state index contributed by atoms with van der Waals surface area (Å²) in [6, 6.07) is 5.32. The van der Waals surface area contributed by atoms with Gasteiger partial charge in [0.2, 0.25) is 0 Å². The molecule has 0 radical (unpaired) electrons. The van der Waals surface area contributed by atoms with Gasteiger partial charge in [0.05, 0.1) is 5.52 Å². The van der Waals surface area contributed by atoms with Crippen LogP contribution in [0.5, 0.6) is 0 Å². The fraction of sp³-hybridized carbons (Fsp3) is 0.375. The molecule has 3 aromatic rings. The van der Waals surface area contributed by atoms with Gasteiger partial charge in [-0.1, -0.05) is 11.6 Å². The molecule has 0 unspecified atom stereocenters. The van der Waals surface area contributed by atoms with Crippen LogP contribution in [0.2, 0.25) is 5.02 Å². The Bertz CT molecular complexity index is 935. The number of halogens is 1. The van der Waals surface area contributed by atoms with Gasteiger partial charge in [-0.3, -0.25) is 9.36 Å². The zero-order chi connectivity index (χ0) is 16.6. The fourth-order valence-corrected chi connectivity index (χ4v) is 2.80. The lowest BCUT2D eigenvalue weighted by Gasteiger charge is -2.13. The lowest BCUT2D eigenvalue weighted by atomic mass is 10.2. The zero-order valence-corrected chi connectivity index (χ0v) is 14.1. The molecule has 2 heterocycles. The van der Waals surface area contributed by atoms with E-state index in [0.29, 0.717) is 33.9 Å². The smallest absolute Gasteiger partial charge is 0.281 e. The van der Waals surface area contributed by atoms with Crippen molar-refractivity contribution in [1.82, 2.24) is 24.6 Å². The first-order valence-electron chi connectivity index (χ1n) is 7.45. The van der Waals surface area contributed by atoms with Crippen molar-refractivity contribution in [1.29, 1.82) is 0 Å². The normalized spacial score (nSPS) is 11.7. The number of aryl methyl sites for hydroxylation is 1. The summed E-state index contributed by atoms with van der Waals surface area (Å²) in [5, 5.41) is 9.57. The third kappa shape index (κ3) is 3.04. The quantitative estimate of drug-likeness (QED) is 0.686. The van der Waals surface area contributed by atoms with Gasteiger partial charge in [0.25, 0.3) is 5.56 Å². The number of benzene rings is 1. The minimum absolute atomic E-state index is 0.143. The number of hydrogen-bond acceptors (Lipinski definition) is 5. The van der Waals surface area contributed by atoms with E-state index >= 15 is 0 Å². The van der Waals surface area contributed by atoms with Gasteiger partial charge in [0, 0.05) is 17.0 Å². The van der Waals surface area contributed by atoms with Gasteiger partial charge in [0.15, 0.2) is 5.52 Å². The second-order valence-electron chi connectivity index (χ2n) is 5.83. The number of fused-ring (bicyclic) bond motifs is 3. The van der Waals surface area contributed by atoms with Crippen LogP contribution >= 0.6 is 11.6 Å². The van der Waals surface area contributed by atoms with Gasteiger partial charge in [-0.05, 0) is 52.2 Å². The van der Waals surface area contributed by atoms with Crippen LogP contribution in [0.25, 0.3) is 21.9 Å². The molecule has 0 spiro atoms. The van der Waals surface area contributed by atoms with E-state index in [2.05, 4.69) is 20.1 Å². The third-order valence-corrected chi connectivity index (χ3v) is 4.03. The summed E-state index contributed by atoms with van der Waals surface area (Å²) in [6.07, 6.45) is 0.873. The van der Waals surface area contributed by atoms with Crippen LogP contribution in [0.1, 0.15) is 12.2 Å². The molecule has 0 atom stereocenters. The molecule has 7 heteroatoms. The summed E-state index contributed by atoms with van der Waals surface area (Å²) in [6.45, 7) is 3.37.